The minimum absolute atomic E-state index is 0.147. The first-order valence-corrected chi connectivity index (χ1v) is 8.89. The van der Waals surface area contributed by atoms with Crippen molar-refractivity contribution in [3.05, 3.63) is 0 Å². The van der Waals surface area contributed by atoms with Gasteiger partial charge in [-0.2, -0.15) is 0 Å². The predicted octanol–water partition coefficient (Wildman–Crippen LogP) is 3.08. The van der Waals surface area contributed by atoms with Crippen molar-refractivity contribution in [3.63, 3.8) is 0 Å². The zero-order valence-corrected chi connectivity index (χ0v) is 14.0. The maximum Gasteiger partial charge on any atom is 0.139 e. The van der Waals surface area contributed by atoms with E-state index < -0.39 is 12.2 Å². The Morgan fingerprint density at radius 2 is 2.05 bits per heavy atom. The van der Waals surface area contributed by atoms with Crippen LogP contribution in [0.5, 0.6) is 0 Å². The van der Waals surface area contributed by atoms with Gasteiger partial charge in [0.1, 0.15) is 11.9 Å². The van der Waals surface area contributed by atoms with Gasteiger partial charge in [-0.1, -0.05) is 51.4 Å². The van der Waals surface area contributed by atoms with Crippen LogP contribution >= 0.6 is 0 Å². The smallest absolute Gasteiger partial charge is 0.139 e. The number of hydrogen-bond acceptors (Lipinski definition) is 3. The molecule has 0 aromatic rings. The van der Waals surface area contributed by atoms with Crippen LogP contribution in [0.2, 0.25) is 0 Å². The van der Waals surface area contributed by atoms with Gasteiger partial charge in [0.25, 0.3) is 0 Å². The number of Topliss-reactive ketones (excluding diaryl/α,β-unsaturated/α-hetero) is 1. The van der Waals surface area contributed by atoms with E-state index in [1.165, 1.54) is 19.3 Å². The second-order valence-corrected chi connectivity index (χ2v) is 7.29. The first-order chi connectivity index (χ1) is 10.5. The molecular formula is C19H30O3. The molecule has 2 aliphatic carbocycles. The lowest BCUT2D eigenvalue weighted by molar-refractivity contribution is -0.156. The summed E-state index contributed by atoms with van der Waals surface area (Å²) >= 11 is 0. The number of ketones is 1. The topological polar surface area (TPSA) is 57.5 Å². The average Bonchev–Trinajstić information content (AvgIpc) is 2.50. The van der Waals surface area contributed by atoms with E-state index in [1.54, 1.807) is 0 Å². The Bertz CT molecular complexity index is 447. The summed E-state index contributed by atoms with van der Waals surface area (Å²) in [4.78, 5) is 11.8. The number of carbonyl (C=O) groups is 1. The summed E-state index contributed by atoms with van der Waals surface area (Å²) < 4.78 is 0. The van der Waals surface area contributed by atoms with Gasteiger partial charge in [0.2, 0.25) is 0 Å². The molecule has 2 rings (SSSR count). The van der Waals surface area contributed by atoms with Crippen LogP contribution in [-0.4, -0.2) is 28.2 Å². The molecule has 0 aromatic heterocycles. The molecule has 2 aliphatic rings. The van der Waals surface area contributed by atoms with E-state index in [0.717, 1.165) is 19.3 Å². The lowest BCUT2D eigenvalue weighted by atomic mass is 9.50. The van der Waals surface area contributed by atoms with Crippen LogP contribution in [-0.2, 0) is 4.79 Å². The predicted molar refractivity (Wildman–Crippen MR) is 87.1 cm³/mol. The van der Waals surface area contributed by atoms with Crippen molar-refractivity contribution in [2.45, 2.75) is 83.8 Å². The fourth-order valence-corrected chi connectivity index (χ4v) is 3.88. The SMILES string of the molecule is CCCCCCC[C@H](O)C#C[C@H]1[C@H](O)CC[C@]2(C)C(=O)C[C@H]12. The molecule has 3 nitrogen and oxygen atoms in total. The van der Waals surface area contributed by atoms with E-state index in [9.17, 15) is 15.0 Å². The van der Waals surface area contributed by atoms with E-state index in [-0.39, 0.29) is 17.3 Å². The fraction of sp³-hybridized carbons (Fsp3) is 0.842. The van der Waals surface area contributed by atoms with Crippen molar-refractivity contribution < 1.29 is 15.0 Å². The molecule has 5 atom stereocenters. The van der Waals surface area contributed by atoms with Crippen molar-refractivity contribution in [3.8, 4) is 11.8 Å². The Kier molecular flexibility index (Phi) is 6.06. The molecule has 3 heteroatoms. The third kappa shape index (κ3) is 3.73. The molecule has 2 fully saturated rings. The van der Waals surface area contributed by atoms with Gasteiger partial charge < -0.3 is 10.2 Å². The highest BCUT2D eigenvalue weighted by Gasteiger charge is 2.57. The molecule has 0 bridgehead atoms. The third-order valence-corrected chi connectivity index (χ3v) is 5.67. The van der Waals surface area contributed by atoms with Gasteiger partial charge in [0.15, 0.2) is 0 Å². The maximum atomic E-state index is 11.8. The standard InChI is InChI=1S/C19H30O3/c1-3-4-5-6-7-8-14(20)9-10-15-16-13-18(22)19(16,2)12-11-17(15)21/h14-17,20-21H,3-8,11-13H2,1-2H3/t14-,15+,16+,17+,19-/m0/s1. The Hall–Kier alpha value is -0.850. The molecule has 0 spiro atoms. The van der Waals surface area contributed by atoms with Crippen LogP contribution in [0.4, 0.5) is 0 Å². The quantitative estimate of drug-likeness (QED) is 0.586. The molecule has 0 amide bonds. The molecular weight excluding hydrogens is 276 g/mol. The molecule has 0 radical (unpaired) electrons. The highest BCUT2D eigenvalue weighted by molar-refractivity contribution is 5.91. The zero-order chi connectivity index (χ0) is 16.2. The fourth-order valence-electron chi connectivity index (χ4n) is 3.88. The second kappa shape index (κ2) is 7.62. The van der Waals surface area contributed by atoms with Crippen molar-refractivity contribution in [2.24, 2.45) is 17.3 Å². The van der Waals surface area contributed by atoms with Gasteiger partial charge in [-0.05, 0) is 31.6 Å². The van der Waals surface area contributed by atoms with E-state index >= 15 is 0 Å². The van der Waals surface area contributed by atoms with Crippen LogP contribution in [0, 0.1) is 29.1 Å². The van der Waals surface area contributed by atoms with Gasteiger partial charge in [0, 0.05) is 11.8 Å². The number of hydrogen-bond donors (Lipinski definition) is 2. The highest BCUT2D eigenvalue weighted by atomic mass is 16.3. The summed E-state index contributed by atoms with van der Waals surface area (Å²) in [5.41, 5.74) is -0.274. The number of aliphatic hydroxyl groups excluding tert-OH is 2. The maximum absolute atomic E-state index is 11.8. The van der Waals surface area contributed by atoms with Crippen LogP contribution in [0.15, 0.2) is 0 Å². The van der Waals surface area contributed by atoms with Crippen LogP contribution in [0.25, 0.3) is 0 Å². The van der Waals surface area contributed by atoms with Gasteiger partial charge in [-0.15, -0.1) is 0 Å². The molecule has 0 saturated heterocycles. The Morgan fingerprint density at radius 3 is 2.73 bits per heavy atom. The van der Waals surface area contributed by atoms with Gasteiger partial charge in [0.05, 0.1) is 12.0 Å². The third-order valence-electron chi connectivity index (χ3n) is 5.67. The summed E-state index contributed by atoms with van der Waals surface area (Å²) in [7, 11) is 0. The number of rotatable bonds is 6. The van der Waals surface area contributed by atoms with Crippen LogP contribution < -0.4 is 0 Å². The van der Waals surface area contributed by atoms with Gasteiger partial charge in [-0.3, -0.25) is 4.79 Å². The van der Waals surface area contributed by atoms with Gasteiger partial charge >= 0.3 is 0 Å². The minimum atomic E-state index is -0.599. The van der Waals surface area contributed by atoms with E-state index in [4.69, 9.17) is 0 Å². The van der Waals surface area contributed by atoms with E-state index in [1.807, 2.05) is 6.92 Å². The zero-order valence-electron chi connectivity index (χ0n) is 14.0. The van der Waals surface area contributed by atoms with Crippen LogP contribution in [0.3, 0.4) is 0 Å². The highest BCUT2D eigenvalue weighted by Crippen LogP contribution is 2.54. The first-order valence-electron chi connectivity index (χ1n) is 8.89. The van der Waals surface area contributed by atoms with E-state index in [2.05, 4.69) is 18.8 Å². The molecule has 22 heavy (non-hydrogen) atoms. The molecule has 2 N–H and O–H groups in total. The van der Waals surface area contributed by atoms with Crippen molar-refractivity contribution >= 4 is 5.78 Å². The average molecular weight is 306 g/mol. The Morgan fingerprint density at radius 1 is 1.32 bits per heavy atom. The van der Waals surface area contributed by atoms with E-state index in [0.29, 0.717) is 25.0 Å². The van der Waals surface area contributed by atoms with Crippen LogP contribution in [0.1, 0.15) is 71.6 Å². The number of unbranched alkanes of at least 4 members (excludes halogenated alkanes) is 4. The number of aliphatic hydroxyl groups is 2. The van der Waals surface area contributed by atoms with Crippen molar-refractivity contribution in [1.29, 1.82) is 0 Å². The summed E-state index contributed by atoms with van der Waals surface area (Å²) in [5.74, 6) is 6.36. The molecule has 2 saturated carbocycles. The molecule has 0 unspecified atom stereocenters. The van der Waals surface area contributed by atoms with Crippen molar-refractivity contribution in [1.82, 2.24) is 0 Å². The second-order valence-electron chi connectivity index (χ2n) is 7.29. The minimum Gasteiger partial charge on any atom is -0.392 e. The summed E-state index contributed by atoms with van der Waals surface area (Å²) in [6.45, 7) is 4.20. The number of carbonyl (C=O) groups excluding carboxylic acids is 1. The first kappa shape index (κ1) is 17.5. The van der Waals surface area contributed by atoms with Crippen molar-refractivity contribution in [2.75, 3.05) is 0 Å². The summed E-state index contributed by atoms with van der Waals surface area (Å²) in [6, 6.07) is 0. The summed E-state index contributed by atoms with van der Waals surface area (Å²) in [6.07, 6.45) is 7.47. The Balaban J connectivity index is 1.83. The molecule has 124 valence electrons. The lowest BCUT2D eigenvalue weighted by Crippen LogP contribution is -2.56. The lowest BCUT2D eigenvalue weighted by Gasteiger charge is -2.52. The normalized spacial score (nSPS) is 35.1. The number of fused-ring (bicyclic) bond motifs is 1. The van der Waals surface area contributed by atoms with Gasteiger partial charge in [-0.25, -0.2) is 0 Å². The monoisotopic (exact) mass is 306 g/mol. The molecule has 0 heterocycles. The largest absolute Gasteiger partial charge is 0.392 e. The Labute approximate surface area is 134 Å². The molecule has 0 aliphatic heterocycles. The summed E-state index contributed by atoms with van der Waals surface area (Å²) in [5, 5.41) is 20.2. The molecule has 0 aromatic carbocycles.